The van der Waals surface area contributed by atoms with Gasteiger partial charge >= 0.3 is 6.61 Å². The molecule has 1 aromatic heterocycles. The van der Waals surface area contributed by atoms with Crippen LogP contribution in [0.3, 0.4) is 0 Å². The number of hydrogen-bond acceptors (Lipinski definition) is 5. The number of nitrogens with zero attached hydrogens (tertiary/aromatic N) is 1. The molecule has 108 valence electrons. The van der Waals surface area contributed by atoms with Gasteiger partial charge in [-0.1, -0.05) is 0 Å². The van der Waals surface area contributed by atoms with Crippen LogP contribution in [0.5, 0.6) is 0 Å². The Hall–Kier alpha value is -0.640. The molecule has 1 aromatic rings. The summed E-state index contributed by atoms with van der Waals surface area (Å²) >= 11 is 3.18. The highest BCUT2D eigenvalue weighted by atomic mass is 79.9. The van der Waals surface area contributed by atoms with Crippen LogP contribution < -0.4 is 0 Å². The number of aromatic nitrogens is 1. The van der Waals surface area contributed by atoms with Crippen molar-refractivity contribution in [2.75, 3.05) is 12.9 Å². The zero-order valence-electron chi connectivity index (χ0n) is 9.92. The van der Waals surface area contributed by atoms with E-state index in [0.29, 0.717) is 10.2 Å². The first-order valence-corrected chi connectivity index (χ1v) is 7.78. The van der Waals surface area contributed by atoms with Gasteiger partial charge in [0.2, 0.25) is 0 Å². The summed E-state index contributed by atoms with van der Waals surface area (Å²) < 4.78 is 55.6. The number of pyridine rings is 1. The maximum Gasteiger partial charge on any atom is 0.345 e. The minimum atomic E-state index is -3.73. The molecule has 1 rings (SSSR count). The van der Waals surface area contributed by atoms with E-state index >= 15 is 0 Å². The molecule has 0 aliphatic rings. The van der Waals surface area contributed by atoms with Gasteiger partial charge in [-0.25, -0.2) is 0 Å². The quantitative estimate of drug-likeness (QED) is 0.699. The third-order valence-electron chi connectivity index (χ3n) is 1.99. The van der Waals surface area contributed by atoms with E-state index in [1.165, 1.54) is 6.20 Å². The zero-order valence-corrected chi connectivity index (χ0v) is 12.3. The van der Waals surface area contributed by atoms with Gasteiger partial charge in [-0.2, -0.15) is 17.2 Å². The summed E-state index contributed by atoms with van der Waals surface area (Å²) in [7, 11) is -3.73. The first-order chi connectivity index (χ1) is 8.78. The van der Waals surface area contributed by atoms with Gasteiger partial charge in [0.05, 0.1) is 18.6 Å². The van der Waals surface area contributed by atoms with Crippen molar-refractivity contribution in [2.24, 2.45) is 0 Å². The Morgan fingerprint density at radius 2 is 2.11 bits per heavy atom. The molecule has 0 spiro atoms. The van der Waals surface area contributed by atoms with E-state index < -0.39 is 22.8 Å². The van der Waals surface area contributed by atoms with Crippen molar-refractivity contribution >= 4 is 26.0 Å². The van der Waals surface area contributed by atoms with Gasteiger partial charge in [0, 0.05) is 17.1 Å². The van der Waals surface area contributed by atoms with E-state index in [2.05, 4.69) is 25.7 Å². The van der Waals surface area contributed by atoms with Gasteiger partial charge in [0.15, 0.2) is 0 Å². The molecule has 0 fully saturated rings. The van der Waals surface area contributed by atoms with Crippen molar-refractivity contribution in [3.63, 3.8) is 0 Å². The van der Waals surface area contributed by atoms with E-state index in [4.69, 9.17) is 4.18 Å². The van der Waals surface area contributed by atoms with Crippen LogP contribution in [0.25, 0.3) is 0 Å². The van der Waals surface area contributed by atoms with Crippen LogP contribution in [-0.2, 0) is 19.0 Å². The van der Waals surface area contributed by atoms with E-state index in [1.807, 2.05) is 0 Å². The smallest absolute Gasteiger partial charge is 0.323 e. The Labute approximate surface area is 118 Å². The molecule has 0 bridgehead atoms. The molecule has 0 aromatic carbocycles. The van der Waals surface area contributed by atoms with Gasteiger partial charge in [-0.05, 0) is 28.1 Å². The van der Waals surface area contributed by atoms with Crippen molar-refractivity contribution in [1.82, 2.24) is 4.98 Å². The summed E-state index contributed by atoms with van der Waals surface area (Å²) in [5, 5.41) is 0. The van der Waals surface area contributed by atoms with E-state index in [1.54, 1.807) is 12.1 Å². The average Bonchev–Trinajstić information content (AvgIpc) is 2.26. The van der Waals surface area contributed by atoms with Crippen molar-refractivity contribution in [3.8, 4) is 0 Å². The van der Waals surface area contributed by atoms with Crippen LogP contribution in [0.1, 0.15) is 18.2 Å². The van der Waals surface area contributed by atoms with Crippen molar-refractivity contribution < 1.29 is 26.1 Å². The minimum absolute atomic E-state index is 0.0496. The second-order valence-corrected chi connectivity index (χ2v) is 6.13. The fourth-order valence-electron chi connectivity index (χ4n) is 1.30. The fraction of sp³-hybridized carbons (Fsp3) is 0.500. The van der Waals surface area contributed by atoms with Crippen LogP contribution in [0, 0.1) is 0 Å². The lowest BCUT2D eigenvalue weighted by atomic mass is 10.2. The summed E-state index contributed by atoms with van der Waals surface area (Å²) in [6.07, 6.45) is 1.34. The molecule has 1 heterocycles. The van der Waals surface area contributed by atoms with Gasteiger partial charge in [0.25, 0.3) is 10.1 Å². The molecule has 0 amide bonds. The van der Waals surface area contributed by atoms with Crippen LogP contribution in [0.2, 0.25) is 0 Å². The summed E-state index contributed by atoms with van der Waals surface area (Å²) in [6.45, 7) is -3.24. The van der Waals surface area contributed by atoms with Crippen LogP contribution in [0.15, 0.2) is 22.8 Å². The SMILES string of the molecule is CS(=O)(=O)OC(CCOC(F)F)c1ccc(Br)cn1. The predicted molar refractivity (Wildman–Crippen MR) is 67.2 cm³/mol. The molecule has 0 aliphatic heterocycles. The Bertz CT molecular complexity index is 495. The molecule has 9 heteroatoms. The Morgan fingerprint density at radius 3 is 2.58 bits per heavy atom. The number of halogens is 3. The highest BCUT2D eigenvalue weighted by Gasteiger charge is 2.19. The highest BCUT2D eigenvalue weighted by molar-refractivity contribution is 9.10. The molecule has 0 N–H and O–H groups in total. The second-order valence-electron chi connectivity index (χ2n) is 3.61. The molecule has 19 heavy (non-hydrogen) atoms. The van der Waals surface area contributed by atoms with Crippen LogP contribution >= 0.6 is 15.9 Å². The third kappa shape index (κ3) is 6.90. The minimum Gasteiger partial charge on any atom is -0.323 e. The van der Waals surface area contributed by atoms with E-state index in [-0.39, 0.29) is 13.0 Å². The van der Waals surface area contributed by atoms with Gasteiger partial charge in [0.1, 0.15) is 6.10 Å². The zero-order chi connectivity index (χ0) is 14.5. The van der Waals surface area contributed by atoms with Gasteiger partial charge in [-0.15, -0.1) is 0 Å². The largest absolute Gasteiger partial charge is 0.345 e. The maximum absolute atomic E-state index is 11.9. The standard InChI is InChI=1S/C10H12BrF2NO4S/c1-19(15,16)18-9(4-5-17-10(12)13)8-3-2-7(11)6-14-8/h2-3,6,9-10H,4-5H2,1H3. The molecule has 1 atom stereocenters. The lowest BCUT2D eigenvalue weighted by Gasteiger charge is -2.15. The average molecular weight is 360 g/mol. The Morgan fingerprint density at radius 1 is 1.42 bits per heavy atom. The number of rotatable bonds is 7. The normalized spacial score (nSPS) is 13.7. The highest BCUT2D eigenvalue weighted by Crippen LogP contribution is 2.23. The van der Waals surface area contributed by atoms with Crippen molar-refractivity contribution in [1.29, 1.82) is 0 Å². The van der Waals surface area contributed by atoms with E-state index in [9.17, 15) is 17.2 Å². The van der Waals surface area contributed by atoms with Crippen molar-refractivity contribution in [3.05, 3.63) is 28.5 Å². The lowest BCUT2D eigenvalue weighted by molar-refractivity contribution is -0.132. The monoisotopic (exact) mass is 359 g/mol. The molecule has 0 saturated carbocycles. The maximum atomic E-state index is 11.9. The lowest BCUT2D eigenvalue weighted by Crippen LogP contribution is -2.15. The molecule has 0 aliphatic carbocycles. The first-order valence-electron chi connectivity index (χ1n) is 5.17. The van der Waals surface area contributed by atoms with E-state index in [0.717, 1.165) is 6.26 Å². The van der Waals surface area contributed by atoms with Gasteiger partial charge < -0.3 is 4.74 Å². The molecule has 0 radical (unpaired) electrons. The third-order valence-corrected chi connectivity index (χ3v) is 3.05. The molecule has 1 unspecified atom stereocenters. The van der Waals surface area contributed by atoms with Gasteiger partial charge in [-0.3, -0.25) is 9.17 Å². The Balaban J connectivity index is 2.77. The second kappa shape index (κ2) is 7.22. The summed E-state index contributed by atoms with van der Waals surface area (Å²) in [6, 6.07) is 3.19. The summed E-state index contributed by atoms with van der Waals surface area (Å²) in [5.74, 6) is 0. The molecular formula is C10H12BrF2NO4S. The number of ether oxygens (including phenoxy) is 1. The van der Waals surface area contributed by atoms with Crippen LogP contribution in [0.4, 0.5) is 8.78 Å². The number of hydrogen-bond donors (Lipinski definition) is 0. The molecule has 0 saturated heterocycles. The molecule has 5 nitrogen and oxygen atoms in total. The fourth-order valence-corrected chi connectivity index (χ4v) is 2.15. The molecular weight excluding hydrogens is 348 g/mol. The first kappa shape index (κ1) is 16.4. The Kier molecular flexibility index (Phi) is 6.24. The van der Waals surface area contributed by atoms with Crippen LogP contribution in [-0.4, -0.2) is 32.9 Å². The summed E-state index contributed by atoms with van der Waals surface area (Å²) in [5.41, 5.74) is 0.325. The summed E-state index contributed by atoms with van der Waals surface area (Å²) in [4.78, 5) is 3.98. The topological polar surface area (TPSA) is 65.5 Å². The van der Waals surface area contributed by atoms with Crippen molar-refractivity contribution in [2.45, 2.75) is 19.1 Å². The number of alkyl halides is 2. The predicted octanol–water partition coefficient (Wildman–Crippen LogP) is 2.49.